The summed E-state index contributed by atoms with van der Waals surface area (Å²) in [5.74, 6) is -0.148. The van der Waals surface area contributed by atoms with Crippen LogP contribution in [0, 0.1) is 0 Å². The summed E-state index contributed by atoms with van der Waals surface area (Å²) < 4.78 is 1.70. The number of H-pyrrole nitrogens is 1. The van der Waals surface area contributed by atoms with Gasteiger partial charge in [-0.25, -0.2) is 9.67 Å². The Bertz CT molecular complexity index is 1050. The van der Waals surface area contributed by atoms with Gasteiger partial charge in [0, 0.05) is 24.0 Å². The number of aromatic nitrogens is 5. The van der Waals surface area contributed by atoms with Crippen LogP contribution >= 0.6 is 0 Å². The van der Waals surface area contributed by atoms with Gasteiger partial charge in [-0.3, -0.25) is 9.78 Å². The zero-order valence-electron chi connectivity index (χ0n) is 11.8. The summed E-state index contributed by atoms with van der Waals surface area (Å²) in [6.07, 6.45) is 6.92. The van der Waals surface area contributed by atoms with Gasteiger partial charge in [-0.05, 0) is 24.3 Å². The van der Waals surface area contributed by atoms with Crippen LogP contribution in [0.4, 0.5) is 0 Å². The molecular formula is C16H11N5O2. The highest BCUT2D eigenvalue weighted by molar-refractivity contribution is 5.82. The van der Waals surface area contributed by atoms with E-state index in [0.717, 1.165) is 17.3 Å². The monoisotopic (exact) mass is 305 g/mol. The first-order valence-electron chi connectivity index (χ1n) is 6.89. The Morgan fingerprint density at radius 1 is 1.17 bits per heavy atom. The molecule has 0 saturated heterocycles. The zero-order chi connectivity index (χ0) is 15.8. The Labute approximate surface area is 129 Å². The van der Waals surface area contributed by atoms with Crippen molar-refractivity contribution in [3.05, 3.63) is 65.5 Å². The van der Waals surface area contributed by atoms with Crippen LogP contribution in [0.15, 0.2) is 59.9 Å². The van der Waals surface area contributed by atoms with Crippen molar-refractivity contribution in [2.75, 3.05) is 0 Å². The molecule has 0 amide bonds. The normalized spacial score (nSPS) is 11.0. The average Bonchev–Trinajstić information content (AvgIpc) is 3.05. The molecule has 0 spiro atoms. The molecule has 2 N–H and O–H groups in total. The van der Waals surface area contributed by atoms with Crippen molar-refractivity contribution in [1.82, 2.24) is 24.7 Å². The fraction of sp³-hybridized carbons (Fsp3) is 0. The third kappa shape index (κ3) is 2.34. The maximum absolute atomic E-state index is 11.4. The van der Waals surface area contributed by atoms with Gasteiger partial charge in [-0.2, -0.15) is 5.10 Å². The number of rotatable bonds is 2. The molecule has 0 aromatic carbocycles. The predicted octanol–water partition coefficient (Wildman–Crippen LogP) is 1.88. The molecule has 0 radical (unpaired) electrons. The molecule has 0 aliphatic carbocycles. The number of nitrogens with one attached hydrogen (secondary N) is 1. The number of aromatic amines is 1. The van der Waals surface area contributed by atoms with Gasteiger partial charge < -0.3 is 10.1 Å². The quantitative estimate of drug-likeness (QED) is 0.589. The number of hydrogen-bond donors (Lipinski definition) is 2. The van der Waals surface area contributed by atoms with Gasteiger partial charge in [0.1, 0.15) is 11.3 Å². The van der Waals surface area contributed by atoms with Gasteiger partial charge in [-0.1, -0.05) is 0 Å². The lowest BCUT2D eigenvalue weighted by atomic mass is 10.2. The molecule has 7 heteroatoms. The third-order valence-electron chi connectivity index (χ3n) is 3.45. The van der Waals surface area contributed by atoms with Crippen LogP contribution in [-0.4, -0.2) is 29.8 Å². The lowest BCUT2D eigenvalue weighted by molar-refractivity contribution is 0.479. The third-order valence-corrected chi connectivity index (χ3v) is 3.45. The summed E-state index contributed by atoms with van der Waals surface area (Å²) >= 11 is 0. The minimum Gasteiger partial charge on any atom is -0.505 e. The standard InChI is InChI=1S/C16H11N5O2/c22-14-6-15(23)19-13-4-3-12(20-16(13)14)10-7-18-21(9-10)11-2-1-5-17-8-11/h1-9H,(H2,19,22,23). The Kier molecular flexibility index (Phi) is 2.90. The highest BCUT2D eigenvalue weighted by Crippen LogP contribution is 2.24. The van der Waals surface area contributed by atoms with Gasteiger partial charge in [0.25, 0.3) is 5.56 Å². The topological polar surface area (TPSA) is 96.7 Å². The maximum atomic E-state index is 11.4. The van der Waals surface area contributed by atoms with Crippen LogP contribution in [0.5, 0.6) is 5.75 Å². The molecule has 0 atom stereocenters. The van der Waals surface area contributed by atoms with E-state index in [9.17, 15) is 9.90 Å². The lowest BCUT2D eigenvalue weighted by Gasteiger charge is -2.02. The van der Waals surface area contributed by atoms with Crippen molar-refractivity contribution in [3.63, 3.8) is 0 Å². The van der Waals surface area contributed by atoms with E-state index in [2.05, 4.69) is 20.1 Å². The Hall–Kier alpha value is -3.48. The van der Waals surface area contributed by atoms with E-state index in [4.69, 9.17) is 0 Å². The highest BCUT2D eigenvalue weighted by atomic mass is 16.3. The van der Waals surface area contributed by atoms with E-state index >= 15 is 0 Å². The lowest BCUT2D eigenvalue weighted by Crippen LogP contribution is -2.03. The molecule has 0 bridgehead atoms. The summed E-state index contributed by atoms with van der Waals surface area (Å²) in [4.78, 5) is 22.5. The van der Waals surface area contributed by atoms with Crippen molar-refractivity contribution in [1.29, 1.82) is 0 Å². The molecule has 0 unspecified atom stereocenters. The summed E-state index contributed by atoms with van der Waals surface area (Å²) in [6.45, 7) is 0. The van der Waals surface area contributed by atoms with Crippen LogP contribution < -0.4 is 5.56 Å². The number of fused-ring (bicyclic) bond motifs is 1. The second-order valence-corrected chi connectivity index (χ2v) is 5.00. The second kappa shape index (κ2) is 5.06. The molecule has 112 valence electrons. The smallest absolute Gasteiger partial charge is 0.252 e. The van der Waals surface area contributed by atoms with Crippen molar-refractivity contribution in [2.24, 2.45) is 0 Å². The van der Waals surface area contributed by atoms with Crippen LogP contribution in [-0.2, 0) is 0 Å². The molecule has 0 aliphatic heterocycles. The van der Waals surface area contributed by atoms with Gasteiger partial charge in [0.05, 0.1) is 29.3 Å². The maximum Gasteiger partial charge on any atom is 0.252 e. The Balaban J connectivity index is 1.81. The molecule has 0 fully saturated rings. The zero-order valence-corrected chi connectivity index (χ0v) is 11.8. The van der Waals surface area contributed by atoms with Crippen LogP contribution in [0.2, 0.25) is 0 Å². The first-order chi connectivity index (χ1) is 11.2. The van der Waals surface area contributed by atoms with E-state index in [1.54, 1.807) is 35.4 Å². The largest absolute Gasteiger partial charge is 0.505 e. The second-order valence-electron chi connectivity index (χ2n) is 5.00. The molecule has 0 saturated carbocycles. The SMILES string of the molecule is O=c1cc(O)c2nc(-c3cnn(-c4cccnc4)c3)ccc2[nH]1. The molecule has 4 aromatic heterocycles. The molecular weight excluding hydrogens is 294 g/mol. The van der Waals surface area contributed by atoms with E-state index in [-0.39, 0.29) is 11.3 Å². The minimum absolute atomic E-state index is 0.148. The molecule has 23 heavy (non-hydrogen) atoms. The number of aromatic hydroxyl groups is 1. The van der Waals surface area contributed by atoms with Crippen molar-refractivity contribution >= 4 is 11.0 Å². The summed E-state index contributed by atoms with van der Waals surface area (Å²) in [6, 6.07) is 8.31. The van der Waals surface area contributed by atoms with Crippen molar-refractivity contribution in [3.8, 4) is 22.7 Å². The van der Waals surface area contributed by atoms with Crippen LogP contribution in [0.1, 0.15) is 0 Å². The average molecular weight is 305 g/mol. The molecule has 4 aromatic rings. The van der Waals surface area contributed by atoms with Gasteiger partial charge in [-0.15, -0.1) is 0 Å². The van der Waals surface area contributed by atoms with Gasteiger partial charge in [0.15, 0.2) is 0 Å². The molecule has 4 heterocycles. The fourth-order valence-corrected chi connectivity index (χ4v) is 2.36. The highest BCUT2D eigenvalue weighted by Gasteiger charge is 2.09. The van der Waals surface area contributed by atoms with E-state index in [1.165, 1.54) is 0 Å². The Morgan fingerprint density at radius 2 is 2.09 bits per heavy atom. The van der Waals surface area contributed by atoms with Crippen LogP contribution in [0.25, 0.3) is 28.0 Å². The summed E-state index contributed by atoms with van der Waals surface area (Å²) in [5, 5.41) is 14.2. The summed E-state index contributed by atoms with van der Waals surface area (Å²) in [7, 11) is 0. The Morgan fingerprint density at radius 3 is 2.91 bits per heavy atom. The number of hydrogen-bond acceptors (Lipinski definition) is 5. The predicted molar refractivity (Wildman–Crippen MR) is 84.4 cm³/mol. The van der Waals surface area contributed by atoms with Crippen LogP contribution in [0.3, 0.4) is 0 Å². The van der Waals surface area contributed by atoms with E-state index < -0.39 is 0 Å². The van der Waals surface area contributed by atoms with Crippen molar-refractivity contribution in [2.45, 2.75) is 0 Å². The first-order valence-corrected chi connectivity index (χ1v) is 6.89. The number of nitrogens with zero attached hydrogens (tertiary/aromatic N) is 4. The molecule has 0 aliphatic rings. The summed E-state index contributed by atoms with van der Waals surface area (Å²) in [5.41, 5.74) is 2.74. The minimum atomic E-state index is -0.367. The molecule has 7 nitrogen and oxygen atoms in total. The van der Waals surface area contributed by atoms with E-state index in [1.807, 2.05) is 18.3 Å². The van der Waals surface area contributed by atoms with E-state index in [0.29, 0.717) is 16.7 Å². The van der Waals surface area contributed by atoms with Crippen molar-refractivity contribution < 1.29 is 5.11 Å². The first kappa shape index (κ1) is 13.2. The number of pyridine rings is 3. The molecule has 4 rings (SSSR count). The fourth-order valence-electron chi connectivity index (χ4n) is 2.36. The van der Waals surface area contributed by atoms with Gasteiger partial charge in [0.2, 0.25) is 0 Å². The van der Waals surface area contributed by atoms with Gasteiger partial charge >= 0.3 is 0 Å².